The van der Waals surface area contributed by atoms with Crippen LogP contribution in [0.2, 0.25) is 0 Å². The topological polar surface area (TPSA) is 45.3 Å². The van der Waals surface area contributed by atoms with Gasteiger partial charge in [0.25, 0.3) is 5.91 Å². The largest absolute Gasteiger partial charge is 0.357 e. The number of H-pyrrole nitrogens is 1. The highest BCUT2D eigenvalue weighted by Gasteiger charge is 2.38. The van der Waals surface area contributed by atoms with E-state index in [1.165, 1.54) is 5.06 Å². The number of hydrogen-bond donors (Lipinski definition) is 1. The second-order valence-electron chi connectivity index (χ2n) is 3.55. The normalized spacial score (nSPS) is 28.7. The number of hydroxylamine groups is 2. The number of aromatic amines is 1. The van der Waals surface area contributed by atoms with E-state index >= 15 is 0 Å². The molecule has 1 aromatic heterocycles. The lowest BCUT2D eigenvalue weighted by Gasteiger charge is -2.21. The number of carbonyl (C=O) groups excluding carboxylic acids is 1. The van der Waals surface area contributed by atoms with Gasteiger partial charge in [-0.1, -0.05) is 12.2 Å². The van der Waals surface area contributed by atoms with Crippen LogP contribution >= 0.6 is 0 Å². The van der Waals surface area contributed by atoms with Crippen LogP contribution in [0.4, 0.5) is 0 Å². The SMILES string of the molecule is O=C(c1ccc[nH]1)N1O[C@@H]2C=C[C@H]1C2. The molecule has 1 fully saturated rings. The first-order valence-corrected chi connectivity index (χ1v) is 4.66. The van der Waals surface area contributed by atoms with Gasteiger partial charge in [-0.2, -0.15) is 0 Å². The Balaban J connectivity index is 1.84. The van der Waals surface area contributed by atoms with E-state index in [4.69, 9.17) is 4.84 Å². The first kappa shape index (κ1) is 7.82. The second kappa shape index (κ2) is 2.72. The molecule has 2 heterocycles. The van der Waals surface area contributed by atoms with E-state index in [0.717, 1.165) is 6.42 Å². The predicted octanol–water partition coefficient (Wildman–Crippen LogP) is 1.10. The predicted molar refractivity (Wildman–Crippen MR) is 49.4 cm³/mol. The third kappa shape index (κ3) is 1.01. The molecule has 0 saturated carbocycles. The van der Waals surface area contributed by atoms with Crippen molar-refractivity contribution in [2.24, 2.45) is 0 Å². The van der Waals surface area contributed by atoms with Gasteiger partial charge in [-0.15, -0.1) is 0 Å². The summed E-state index contributed by atoms with van der Waals surface area (Å²) >= 11 is 0. The van der Waals surface area contributed by atoms with Crippen LogP contribution in [0.1, 0.15) is 16.9 Å². The minimum Gasteiger partial charge on any atom is -0.357 e. The van der Waals surface area contributed by atoms with E-state index < -0.39 is 0 Å². The fourth-order valence-corrected chi connectivity index (χ4v) is 1.90. The average molecular weight is 190 g/mol. The molecule has 2 aliphatic rings. The molecule has 4 heteroatoms. The van der Waals surface area contributed by atoms with E-state index in [1.807, 2.05) is 12.2 Å². The van der Waals surface area contributed by atoms with Crippen LogP contribution in [0, 0.1) is 0 Å². The van der Waals surface area contributed by atoms with Gasteiger partial charge in [-0.05, 0) is 12.1 Å². The van der Waals surface area contributed by atoms with Gasteiger partial charge < -0.3 is 4.98 Å². The number of nitrogens with one attached hydrogen (secondary N) is 1. The van der Waals surface area contributed by atoms with Gasteiger partial charge in [-0.25, -0.2) is 5.06 Å². The van der Waals surface area contributed by atoms with Crippen LogP contribution in [-0.4, -0.2) is 28.1 Å². The molecular formula is C10H10N2O2. The average Bonchev–Trinajstić information content (AvgIpc) is 2.93. The van der Waals surface area contributed by atoms with E-state index in [9.17, 15) is 4.79 Å². The van der Waals surface area contributed by atoms with Crippen LogP contribution in [0.5, 0.6) is 0 Å². The fraction of sp³-hybridized carbons (Fsp3) is 0.300. The molecule has 3 rings (SSSR count). The highest BCUT2D eigenvalue weighted by molar-refractivity contribution is 5.92. The summed E-state index contributed by atoms with van der Waals surface area (Å²) in [5.74, 6) is -0.0909. The van der Waals surface area contributed by atoms with E-state index in [2.05, 4.69) is 4.98 Å². The molecule has 72 valence electrons. The Morgan fingerprint density at radius 3 is 3.07 bits per heavy atom. The first-order chi connectivity index (χ1) is 6.84. The lowest BCUT2D eigenvalue weighted by Crippen LogP contribution is -2.35. The van der Waals surface area contributed by atoms with Crippen LogP contribution < -0.4 is 0 Å². The van der Waals surface area contributed by atoms with Gasteiger partial charge in [0.05, 0.1) is 6.04 Å². The van der Waals surface area contributed by atoms with Crippen molar-refractivity contribution in [1.82, 2.24) is 10.0 Å². The highest BCUT2D eigenvalue weighted by atomic mass is 16.7. The number of nitrogens with zero attached hydrogens (tertiary/aromatic N) is 1. The van der Waals surface area contributed by atoms with Gasteiger partial charge in [0.1, 0.15) is 11.8 Å². The molecule has 4 nitrogen and oxygen atoms in total. The lowest BCUT2D eigenvalue weighted by molar-refractivity contribution is -0.115. The molecule has 1 aromatic rings. The number of amides is 1. The number of rotatable bonds is 1. The Morgan fingerprint density at radius 2 is 2.50 bits per heavy atom. The van der Waals surface area contributed by atoms with Gasteiger partial charge in [0, 0.05) is 12.6 Å². The quantitative estimate of drug-likeness (QED) is 0.674. The minimum atomic E-state index is -0.0909. The Bertz CT molecular complexity index is 383. The molecule has 1 saturated heterocycles. The molecule has 1 amide bonds. The summed E-state index contributed by atoms with van der Waals surface area (Å²) in [4.78, 5) is 20.1. The Labute approximate surface area is 81.1 Å². The molecule has 1 N–H and O–H groups in total. The maximum atomic E-state index is 11.8. The zero-order valence-corrected chi connectivity index (χ0v) is 7.51. The summed E-state index contributed by atoms with van der Waals surface area (Å²) in [5, 5.41) is 1.45. The minimum absolute atomic E-state index is 0.0909. The van der Waals surface area contributed by atoms with Crippen molar-refractivity contribution in [2.45, 2.75) is 18.6 Å². The summed E-state index contributed by atoms with van der Waals surface area (Å²) in [7, 11) is 0. The summed E-state index contributed by atoms with van der Waals surface area (Å²) < 4.78 is 0. The van der Waals surface area contributed by atoms with Crippen molar-refractivity contribution in [2.75, 3.05) is 0 Å². The van der Waals surface area contributed by atoms with E-state index in [0.29, 0.717) is 5.69 Å². The molecule has 1 aliphatic carbocycles. The first-order valence-electron chi connectivity index (χ1n) is 4.66. The summed E-state index contributed by atoms with van der Waals surface area (Å²) in [5.41, 5.74) is 0.575. The van der Waals surface area contributed by atoms with Gasteiger partial charge in [0.2, 0.25) is 0 Å². The molecule has 0 aromatic carbocycles. The molecule has 1 aliphatic heterocycles. The maximum Gasteiger partial charge on any atom is 0.294 e. The number of hydrogen-bond acceptors (Lipinski definition) is 2. The summed E-state index contributed by atoms with van der Waals surface area (Å²) in [6.07, 6.45) is 6.75. The third-order valence-electron chi connectivity index (χ3n) is 2.60. The van der Waals surface area contributed by atoms with Gasteiger partial charge in [0.15, 0.2) is 0 Å². The van der Waals surface area contributed by atoms with Crippen LogP contribution in [0.15, 0.2) is 30.5 Å². The summed E-state index contributed by atoms with van der Waals surface area (Å²) in [6.45, 7) is 0. The molecule has 0 unspecified atom stereocenters. The van der Waals surface area contributed by atoms with Crippen molar-refractivity contribution < 1.29 is 9.63 Å². The van der Waals surface area contributed by atoms with Crippen LogP contribution in [-0.2, 0) is 4.84 Å². The Hall–Kier alpha value is -1.55. The standard InChI is InChI=1S/C10H10N2O2/c13-10(9-2-1-5-11-9)12-7-3-4-8(6-7)14-12/h1-5,7-8,11H,6H2/t7-,8+/m0/s1. The monoisotopic (exact) mass is 190 g/mol. The zero-order chi connectivity index (χ0) is 9.54. The van der Waals surface area contributed by atoms with Crippen molar-refractivity contribution in [1.29, 1.82) is 0 Å². The molecule has 14 heavy (non-hydrogen) atoms. The van der Waals surface area contributed by atoms with Gasteiger partial charge >= 0.3 is 0 Å². The van der Waals surface area contributed by atoms with Gasteiger partial charge in [-0.3, -0.25) is 9.63 Å². The third-order valence-corrected chi connectivity index (χ3v) is 2.60. The molecule has 2 atom stereocenters. The number of aromatic nitrogens is 1. The molecule has 0 spiro atoms. The number of fused-ring (bicyclic) bond motifs is 2. The van der Waals surface area contributed by atoms with E-state index in [-0.39, 0.29) is 18.1 Å². The van der Waals surface area contributed by atoms with Crippen molar-refractivity contribution >= 4 is 5.91 Å². The number of carbonyl (C=O) groups is 1. The summed E-state index contributed by atoms with van der Waals surface area (Å²) in [6, 6.07) is 3.68. The molecular weight excluding hydrogens is 180 g/mol. The fourth-order valence-electron chi connectivity index (χ4n) is 1.90. The molecule has 2 bridgehead atoms. The smallest absolute Gasteiger partial charge is 0.294 e. The lowest BCUT2D eigenvalue weighted by atomic mass is 10.2. The van der Waals surface area contributed by atoms with Crippen LogP contribution in [0.25, 0.3) is 0 Å². The van der Waals surface area contributed by atoms with Crippen molar-refractivity contribution in [3.8, 4) is 0 Å². The zero-order valence-electron chi connectivity index (χ0n) is 7.51. The molecule has 0 radical (unpaired) electrons. The maximum absolute atomic E-state index is 11.8. The van der Waals surface area contributed by atoms with Crippen molar-refractivity contribution in [3.05, 3.63) is 36.2 Å². The second-order valence-corrected chi connectivity index (χ2v) is 3.55. The van der Waals surface area contributed by atoms with Crippen molar-refractivity contribution in [3.63, 3.8) is 0 Å². The van der Waals surface area contributed by atoms with Crippen LogP contribution in [0.3, 0.4) is 0 Å². The Kier molecular flexibility index (Phi) is 1.52. The Morgan fingerprint density at radius 1 is 1.57 bits per heavy atom. The highest BCUT2D eigenvalue weighted by Crippen LogP contribution is 2.29. The van der Waals surface area contributed by atoms with E-state index in [1.54, 1.807) is 18.3 Å².